The maximum Gasteiger partial charge on any atom is 0.195 e. The molecule has 0 fully saturated rings. The first-order valence-electron chi connectivity index (χ1n) is 8.58. The van der Waals surface area contributed by atoms with Crippen molar-refractivity contribution in [2.45, 2.75) is 6.92 Å². The maximum absolute atomic E-state index is 11.9. The predicted octanol–water partition coefficient (Wildman–Crippen LogP) is 4.95. The minimum atomic E-state index is 0.543. The Morgan fingerprint density at radius 3 is 2.33 bits per heavy atom. The molecule has 5 nitrogen and oxygen atoms in total. The molecule has 0 amide bonds. The standard InChI is InChI=1S/C21H18N2O3S/c1-3-26-17-10-6-15(7-11-17)20-18(12-24)23-19(13-27-21(23)22-20)14-4-8-16(25-2)9-5-14/h4-13H,3H2,1-2H3. The fourth-order valence-corrected chi connectivity index (χ4v) is 3.95. The maximum atomic E-state index is 11.9. The molecule has 0 aliphatic heterocycles. The molecular formula is C21H18N2O3S. The highest BCUT2D eigenvalue weighted by atomic mass is 32.1. The second-order valence-electron chi connectivity index (χ2n) is 5.89. The Balaban J connectivity index is 1.81. The monoisotopic (exact) mass is 378 g/mol. The number of ether oxygens (including phenoxy) is 2. The van der Waals surface area contributed by atoms with Crippen LogP contribution in [0.4, 0.5) is 0 Å². The lowest BCUT2D eigenvalue weighted by Gasteiger charge is -2.05. The van der Waals surface area contributed by atoms with Crippen LogP contribution in [0.3, 0.4) is 0 Å². The minimum Gasteiger partial charge on any atom is -0.497 e. The van der Waals surface area contributed by atoms with E-state index in [-0.39, 0.29) is 0 Å². The molecule has 0 radical (unpaired) electrons. The normalized spacial score (nSPS) is 10.9. The van der Waals surface area contributed by atoms with Crippen LogP contribution in [0.5, 0.6) is 11.5 Å². The summed E-state index contributed by atoms with van der Waals surface area (Å²) >= 11 is 1.51. The number of imidazole rings is 1. The zero-order chi connectivity index (χ0) is 18.8. The van der Waals surface area contributed by atoms with E-state index in [1.165, 1.54) is 11.3 Å². The predicted molar refractivity (Wildman–Crippen MR) is 107 cm³/mol. The lowest BCUT2D eigenvalue weighted by molar-refractivity contribution is 0.111. The number of nitrogens with zero attached hydrogens (tertiary/aromatic N) is 2. The number of hydrogen-bond donors (Lipinski definition) is 0. The Labute approximate surface area is 160 Å². The first kappa shape index (κ1) is 17.3. The number of carbonyl (C=O) groups excluding carboxylic acids is 1. The minimum absolute atomic E-state index is 0.543. The van der Waals surface area contributed by atoms with Crippen molar-refractivity contribution < 1.29 is 14.3 Å². The van der Waals surface area contributed by atoms with Crippen molar-refractivity contribution in [3.63, 3.8) is 0 Å². The van der Waals surface area contributed by atoms with Gasteiger partial charge < -0.3 is 9.47 Å². The van der Waals surface area contributed by atoms with Gasteiger partial charge in [0.25, 0.3) is 0 Å². The van der Waals surface area contributed by atoms with Gasteiger partial charge in [0.1, 0.15) is 22.9 Å². The molecule has 0 N–H and O–H groups in total. The molecule has 0 unspecified atom stereocenters. The van der Waals surface area contributed by atoms with E-state index in [1.807, 2.05) is 65.2 Å². The molecule has 6 heteroatoms. The van der Waals surface area contributed by atoms with E-state index in [0.29, 0.717) is 18.0 Å². The molecule has 0 bridgehead atoms. The summed E-state index contributed by atoms with van der Waals surface area (Å²) < 4.78 is 12.6. The van der Waals surface area contributed by atoms with Crippen LogP contribution >= 0.6 is 11.3 Å². The largest absolute Gasteiger partial charge is 0.497 e. The van der Waals surface area contributed by atoms with Crippen LogP contribution in [0.15, 0.2) is 53.9 Å². The Kier molecular flexibility index (Phi) is 4.64. The van der Waals surface area contributed by atoms with Gasteiger partial charge in [-0.15, -0.1) is 11.3 Å². The van der Waals surface area contributed by atoms with Crippen LogP contribution in [0, 0.1) is 0 Å². The molecule has 0 aliphatic carbocycles. The van der Waals surface area contributed by atoms with Gasteiger partial charge in [0, 0.05) is 10.9 Å². The molecule has 2 aromatic carbocycles. The molecule has 4 aromatic rings. The zero-order valence-electron chi connectivity index (χ0n) is 15.0. The Bertz CT molecular complexity index is 1080. The molecule has 2 heterocycles. The molecule has 2 aromatic heterocycles. The number of fused-ring (bicyclic) bond motifs is 1. The van der Waals surface area contributed by atoms with Crippen molar-refractivity contribution in [3.05, 3.63) is 59.6 Å². The molecule has 0 saturated carbocycles. The average Bonchev–Trinajstić information content (AvgIpc) is 3.28. The third-order valence-corrected chi connectivity index (χ3v) is 5.16. The van der Waals surface area contributed by atoms with E-state index in [0.717, 1.165) is 39.6 Å². The van der Waals surface area contributed by atoms with Crippen molar-refractivity contribution in [2.75, 3.05) is 13.7 Å². The number of hydrogen-bond acceptors (Lipinski definition) is 5. The van der Waals surface area contributed by atoms with Crippen LogP contribution < -0.4 is 9.47 Å². The van der Waals surface area contributed by atoms with E-state index in [9.17, 15) is 4.79 Å². The molecule has 0 spiro atoms. The lowest BCUT2D eigenvalue weighted by atomic mass is 10.1. The van der Waals surface area contributed by atoms with Gasteiger partial charge in [0.15, 0.2) is 11.2 Å². The summed E-state index contributed by atoms with van der Waals surface area (Å²) in [4.78, 5) is 17.4. The molecule has 136 valence electrons. The highest BCUT2D eigenvalue weighted by molar-refractivity contribution is 7.15. The fraction of sp³-hybridized carbons (Fsp3) is 0.143. The van der Waals surface area contributed by atoms with Crippen molar-refractivity contribution in [2.24, 2.45) is 0 Å². The van der Waals surface area contributed by atoms with Gasteiger partial charge in [-0.3, -0.25) is 9.20 Å². The average molecular weight is 378 g/mol. The second kappa shape index (κ2) is 7.25. The molecular weight excluding hydrogens is 360 g/mol. The van der Waals surface area contributed by atoms with Crippen LogP contribution in [0.2, 0.25) is 0 Å². The van der Waals surface area contributed by atoms with E-state index < -0.39 is 0 Å². The van der Waals surface area contributed by atoms with Gasteiger partial charge in [-0.25, -0.2) is 4.98 Å². The third kappa shape index (κ3) is 3.08. The van der Waals surface area contributed by atoms with Crippen LogP contribution in [0.25, 0.3) is 27.5 Å². The molecule has 0 aliphatic rings. The van der Waals surface area contributed by atoms with Crippen LogP contribution in [-0.4, -0.2) is 29.4 Å². The number of rotatable bonds is 6. The van der Waals surface area contributed by atoms with E-state index in [4.69, 9.17) is 14.5 Å². The second-order valence-corrected chi connectivity index (χ2v) is 6.72. The van der Waals surface area contributed by atoms with Gasteiger partial charge in [-0.2, -0.15) is 0 Å². The van der Waals surface area contributed by atoms with Crippen LogP contribution in [-0.2, 0) is 0 Å². The SMILES string of the molecule is CCOc1ccc(-c2nc3scc(-c4ccc(OC)cc4)n3c2C=O)cc1. The van der Waals surface area contributed by atoms with Crippen LogP contribution in [0.1, 0.15) is 17.4 Å². The van der Waals surface area contributed by atoms with Gasteiger partial charge >= 0.3 is 0 Å². The number of aromatic nitrogens is 2. The van der Waals surface area contributed by atoms with Gasteiger partial charge in [0.2, 0.25) is 0 Å². The number of benzene rings is 2. The summed E-state index contributed by atoms with van der Waals surface area (Å²) in [5, 5.41) is 2.01. The van der Waals surface area contributed by atoms with Crippen molar-refractivity contribution in [3.8, 4) is 34.0 Å². The first-order chi connectivity index (χ1) is 13.2. The summed E-state index contributed by atoms with van der Waals surface area (Å²) in [6, 6.07) is 15.4. The smallest absolute Gasteiger partial charge is 0.195 e. The van der Waals surface area contributed by atoms with Crippen molar-refractivity contribution >= 4 is 22.6 Å². The third-order valence-electron chi connectivity index (χ3n) is 4.34. The summed E-state index contributed by atoms with van der Waals surface area (Å²) in [5.74, 6) is 1.59. The highest BCUT2D eigenvalue weighted by Gasteiger charge is 2.18. The van der Waals surface area contributed by atoms with E-state index >= 15 is 0 Å². The molecule has 0 saturated heterocycles. The van der Waals surface area contributed by atoms with Gasteiger partial charge in [-0.05, 0) is 61.0 Å². The van der Waals surface area contributed by atoms with E-state index in [2.05, 4.69) is 0 Å². The number of methoxy groups -OCH3 is 1. The Morgan fingerprint density at radius 1 is 1.04 bits per heavy atom. The summed E-state index contributed by atoms with van der Waals surface area (Å²) in [6.07, 6.45) is 0.867. The highest BCUT2D eigenvalue weighted by Crippen LogP contribution is 2.33. The van der Waals surface area contributed by atoms with Crippen molar-refractivity contribution in [1.29, 1.82) is 0 Å². The first-order valence-corrected chi connectivity index (χ1v) is 9.46. The van der Waals surface area contributed by atoms with E-state index in [1.54, 1.807) is 7.11 Å². The molecule has 0 atom stereocenters. The molecule has 4 rings (SSSR count). The molecule has 27 heavy (non-hydrogen) atoms. The Morgan fingerprint density at radius 2 is 1.70 bits per heavy atom. The number of aldehydes is 1. The quantitative estimate of drug-likeness (QED) is 0.446. The summed E-state index contributed by atoms with van der Waals surface area (Å²) in [6.45, 7) is 2.56. The zero-order valence-corrected chi connectivity index (χ0v) is 15.8. The van der Waals surface area contributed by atoms with Gasteiger partial charge in [0.05, 0.1) is 19.4 Å². The fourth-order valence-electron chi connectivity index (χ4n) is 3.04. The summed E-state index contributed by atoms with van der Waals surface area (Å²) in [7, 11) is 1.64. The Hall–Kier alpha value is -3.12. The lowest BCUT2D eigenvalue weighted by Crippen LogP contribution is -1.95. The van der Waals surface area contributed by atoms with Gasteiger partial charge in [-0.1, -0.05) is 0 Å². The number of thiazole rings is 1. The topological polar surface area (TPSA) is 52.8 Å². The van der Waals surface area contributed by atoms with Crippen molar-refractivity contribution in [1.82, 2.24) is 9.38 Å². The summed E-state index contributed by atoms with van der Waals surface area (Å²) in [5.41, 5.74) is 4.04. The number of carbonyl (C=O) groups is 1.